The largest absolute Gasteiger partial charge is 0.503 e. The van der Waals surface area contributed by atoms with Gasteiger partial charge in [-0.15, -0.1) is 6.58 Å². The predicted octanol–water partition coefficient (Wildman–Crippen LogP) is 2.20. The number of ether oxygens (including phenoxy) is 1. The number of amides is 4. The van der Waals surface area contributed by atoms with Crippen LogP contribution in [0.5, 0.6) is 11.5 Å². The lowest BCUT2D eigenvalue weighted by Gasteiger charge is -2.25. The predicted molar refractivity (Wildman–Crippen MR) is 90.4 cm³/mol. The summed E-state index contributed by atoms with van der Waals surface area (Å²) < 4.78 is 5.66. The molecule has 0 spiro atoms. The number of imide groups is 2. The molecule has 4 amide bonds. The average Bonchev–Trinajstić information content (AvgIpc) is 2.53. The fourth-order valence-corrected chi connectivity index (χ4v) is 2.56. The van der Waals surface area contributed by atoms with Gasteiger partial charge in [-0.3, -0.25) is 19.8 Å². The van der Waals surface area contributed by atoms with Crippen LogP contribution in [0.2, 0.25) is 0 Å². The van der Waals surface area contributed by atoms with Gasteiger partial charge in [-0.2, -0.15) is 0 Å². The van der Waals surface area contributed by atoms with E-state index in [2.05, 4.69) is 27.8 Å². The lowest BCUT2D eigenvalue weighted by molar-refractivity contribution is -0.129. The molecule has 0 bridgehead atoms. The number of carbonyl (C=O) groups excluding carboxylic acids is 3. The number of phenolic OH excluding ortho intramolecular Hbond substituents is 1. The molecule has 1 aliphatic heterocycles. The number of carbonyl (C=O) groups is 3. The molecule has 0 aliphatic carbocycles. The zero-order chi connectivity index (χ0) is 17.9. The minimum atomic E-state index is -0.788. The molecule has 1 aromatic rings. The number of phenols is 1. The summed E-state index contributed by atoms with van der Waals surface area (Å²) in [6.07, 6.45) is 2.71. The molecule has 0 atom stereocenters. The topological polar surface area (TPSA) is 95.9 Å². The second-order valence-corrected chi connectivity index (χ2v) is 5.66. The number of halogens is 1. The molecular weight excluding hydrogens is 380 g/mol. The molecule has 8 heteroatoms. The van der Waals surface area contributed by atoms with E-state index in [1.165, 1.54) is 24.3 Å². The van der Waals surface area contributed by atoms with E-state index >= 15 is 0 Å². The summed E-state index contributed by atoms with van der Waals surface area (Å²) >= 11 is 3.19. The molecule has 1 fully saturated rings. The molecule has 1 saturated heterocycles. The molecule has 24 heavy (non-hydrogen) atoms. The number of benzene rings is 1. The molecule has 1 aromatic carbocycles. The third-order valence-electron chi connectivity index (χ3n) is 3.16. The Morgan fingerprint density at radius 1 is 1.38 bits per heavy atom. The van der Waals surface area contributed by atoms with Gasteiger partial charge in [-0.25, -0.2) is 4.79 Å². The van der Waals surface area contributed by atoms with Crippen molar-refractivity contribution in [3.63, 3.8) is 0 Å². The van der Waals surface area contributed by atoms with E-state index in [0.29, 0.717) is 16.6 Å². The van der Waals surface area contributed by atoms with Crippen molar-refractivity contribution in [1.82, 2.24) is 10.2 Å². The van der Waals surface area contributed by atoms with Gasteiger partial charge in [0.1, 0.15) is 5.57 Å². The summed E-state index contributed by atoms with van der Waals surface area (Å²) in [6.45, 7) is 5.55. The minimum absolute atomic E-state index is 0.0151. The van der Waals surface area contributed by atoms with Crippen molar-refractivity contribution in [2.24, 2.45) is 0 Å². The van der Waals surface area contributed by atoms with Crippen molar-refractivity contribution < 1.29 is 24.2 Å². The SMILES string of the molecule is C=CCN1C(=O)NC(=O)/C(=C/c2cc(Br)c(O)c(OCC)c2)C1=O. The minimum Gasteiger partial charge on any atom is -0.503 e. The maximum Gasteiger partial charge on any atom is 0.331 e. The van der Waals surface area contributed by atoms with Gasteiger partial charge in [-0.05, 0) is 46.6 Å². The Labute approximate surface area is 146 Å². The monoisotopic (exact) mass is 394 g/mol. The van der Waals surface area contributed by atoms with Crippen LogP contribution in [0.4, 0.5) is 4.79 Å². The number of hydrogen-bond acceptors (Lipinski definition) is 5. The Kier molecular flexibility index (Phi) is 5.40. The van der Waals surface area contributed by atoms with Gasteiger partial charge in [0.25, 0.3) is 11.8 Å². The lowest BCUT2D eigenvalue weighted by Crippen LogP contribution is -2.54. The van der Waals surface area contributed by atoms with Gasteiger partial charge in [0.05, 0.1) is 11.1 Å². The van der Waals surface area contributed by atoms with Gasteiger partial charge < -0.3 is 9.84 Å². The highest BCUT2D eigenvalue weighted by Crippen LogP contribution is 2.36. The van der Waals surface area contributed by atoms with Crippen molar-refractivity contribution in [2.45, 2.75) is 6.92 Å². The van der Waals surface area contributed by atoms with Crippen LogP contribution in [0.1, 0.15) is 12.5 Å². The van der Waals surface area contributed by atoms with Crippen LogP contribution in [0, 0.1) is 0 Å². The molecule has 0 saturated carbocycles. The van der Waals surface area contributed by atoms with Crippen molar-refractivity contribution in [2.75, 3.05) is 13.2 Å². The zero-order valence-electron chi connectivity index (χ0n) is 12.8. The summed E-state index contributed by atoms with van der Waals surface area (Å²) in [6, 6.07) is 2.23. The number of aromatic hydroxyl groups is 1. The van der Waals surface area contributed by atoms with E-state index < -0.39 is 17.8 Å². The number of rotatable bonds is 5. The van der Waals surface area contributed by atoms with E-state index in [1.807, 2.05) is 0 Å². The first-order valence-electron chi connectivity index (χ1n) is 7.04. The summed E-state index contributed by atoms with van der Waals surface area (Å²) in [5.74, 6) is -1.37. The highest BCUT2D eigenvalue weighted by Gasteiger charge is 2.34. The molecule has 2 N–H and O–H groups in total. The Bertz CT molecular complexity index is 757. The maximum absolute atomic E-state index is 12.3. The molecule has 2 rings (SSSR count). The summed E-state index contributed by atoms with van der Waals surface area (Å²) in [4.78, 5) is 36.9. The Hall–Kier alpha value is -2.61. The Morgan fingerprint density at radius 3 is 2.71 bits per heavy atom. The first-order chi connectivity index (χ1) is 11.4. The van der Waals surface area contributed by atoms with Gasteiger partial charge in [0.2, 0.25) is 0 Å². The van der Waals surface area contributed by atoms with E-state index in [9.17, 15) is 19.5 Å². The number of barbiturate groups is 1. The lowest BCUT2D eigenvalue weighted by atomic mass is 10.1. The van der Waals surface area contributed by atoms with Gasteiger partial charge in [-0.1, -0.05) is 6.08 Å². The highest BCUT2D eigenvalue weighted by molar-refractivity contribution is 9.10. The summed E-state index contributed by atoms with van der Waals surface area (Å²) in [5, 5.41) is 12.0. The van der Waals surface area contributed by atoms with Crippen molar-refractivity contribution in [1.29, 1.82) is 0 Å². The van der Waals surface area contributed by atoms with Crippen LogP contribution < -0.4 is 10.1 Å². The Morgan fingerprint density at radius 2 is 2.08 bits per heavy atom. The third kappa shape index (κ3) is 3.48. The highest BCUT2D eigenvalue weighted by atomic mass is 79.9. The maximum atomic E-state index is 12.3. The van der Waals surface area contributed by atoms with Crippen LogP contribution in [-0.4, -0.2) is 41.0 Å². The standard InChI is InChI=1S/C16H15BrN2O5/c1-3-5-19-15(22)10(14(21)18-16(19)23)6-9-7-11(17)13(20)12(8-9)24-4-2/h3,6-8,20H,1,4-5H2,2H3,(H,18,21,23)/b10-6-. The normalized spacial score (nSPS) is 16.3. The molecule has 1 aliphatic rings. The Balaban J connectivity index is 2.45. The second kappa shape index (κ2) is 7.31. The number of hydrogen-bond donors (Lipinski definition) is 2. The first-order valence-corrected chi connectivity index (χ1v) is 7.83. The van der Waals surface area contributed by atoms with E-state index in [1.54, 1.807) is 6.92 Å². The fraction of sp³-hybridized carbons (Fsp3) is 0.188. The van der Waals surface area contributed by atoms with Crippen LogP contribution in [0.3, 0.4) is 0 Å². The van der Waals surface area contributed by atoms with E-state index in [4.69, 9.17) is 4.74 Å². The van der Waals surface area contributed by atoms with Crippen LogP contribution in [0.25, 0.3) is 6.08 Å². The average molecular weight is 395 g/mol. The van der Waals surface area contributed by atoms with Crippen LogP contribution in [0.15, 0.2) is 34.8 Å². The molecule has 1 heterocycles. The van der Waals surface area contributed by atoms with Gasteiger partial charge in [0, 0.05) is 6.54 Å². The van der Waals surface area contributed by atoms with Crippen LogP contribution in [-0.2, 0) is 9.59 Å². The van der Waals surface area contributed by atoms with E-state index in [0.717, 1.165) is 4.90 Å². The number of nitrogens with zero attached hydrogens (tertiary/aromatic N) is 1. The van der Waals surface area contributed by atoms with Crippen molar-refractivity contribution in [3.8, 4) is 11.5 Å². The second-order valence-electron chi connectivity index (χ2n) is 4.80. The smallest absolute Gasteiger partial charge is 0.331 e. The van der Waals surface area contributed by atoms with Crippen molar-refractivity contribution >= 4 is 39.9 Å². The van der Waals surface area contributed by atoms with Crippen molar-refractivity contribution in [3.05, 3.63) is 40.4 Å². The third-order valence-corrected chi connectivity index (χ3v) is 3.76. The number of urea groups is 1. The van der Waals surface area contributed by atoms with Gasteiger partial charge >= 0.3 is 6.03 Å². The van der Waals surface area contributed by atoms with Gasteiger partial charge in [0.15, 0.2) is 11.5 Å². The first kappa shape index (κ1) is 17.7. The molecule has 0 aromatic heterocycles. The zero-order valence-corrected chi connectivity index (χ0v) is 14.4. The molecule has 7 nitrogen and oxygen atoms in total. The molecule has 126 valence electrons. The van der Waals surface area contributed by atoms with Crippen LogP contribution >= 0.6 is 15.9 Å². The summed E-state index contributed by atoms with van der Waals surface area (Å²) in [7, 11) is 0. The molecule has 0 unspecified atom stereocenters. The molecule has 0 radical (unpaired) electrons. The van der Waals surface area contributed by atoms with E-state index in [-0.39, 0.29) is 23.6 Å². The summed E-state index contributed by atoms with van der Waals surface area (Å²) in [5.41, 5.74) is 0.256. The quantitative estimate of drug-likeness (QED) is 0.453. The molecular formula is C16H15BrN2O5. The fourth-order valence-electron chi connectivity index (χ4n) is 2.10. The number of nitrogens with one attached hydrogen (secondary N) is 1.